The van der Waals surface area contributed by atoms with Crippen LogP contribution >= 0.6 is 0 Å². The first kappa shape index (κ1) is 24.9. The number of benzene rings is 1. The lowest BCUT2D eigenvalue weighted by molar-refractivity contribution is -0.138. The fourth-order valence-corrected chi connectivity index (χ4v) is 3.21. The number of rotatable bonds is 5. The molecule has 3 N–H and O–H groups in total. The van der Waals surface area contributed by atoms with Gasteiger partial charge in [-0.25, -0.2) is 4.98 Å². The van der Waals surface area contributed by atoms with Gasteiger partial charge in [-0.2, -0.15) is 26.3 Å². The number of aromatic nitrogens is 3. The molecule has 0 aliphatic rings. The minimum atomic E-state index is -4.83. The molecule has 180 valence electrons. The predicted molar refractivity (Wildman–Crippen MR) is 110 cm³/mol. The average Bonchev–Trinajstić information content (AvgIpc) is 2.71. The summed E-state index contributed by atoms with van der Waals surface area (Å²) in [7, 11) is 0. The Morgan fingerprint density at radius 1 is 1.00 bits per heavy atom. The number of amides is 1. The molecule has 34 heavy (non-hydrogen) atoms. The topological polar surface area (TPSA) is 102 Å². The number of aromatic amines is 1. The Labute approximate surface area is 188 Å². The predicted octanol–water partition coefficient (Wildman–Crippen LogP) is 4.59. The summed E-state index contributed by atoms with van der Waals surface area (Å²) in [6.07, 6.45) is -7.98. The van der Waals surface area contributed by atoms with E-state index in [2.05, 4.69) is 15.0 Å². The number of primary amides is 1. The molecule has 0 saturated heterocycles. The van der Waals surface area contributed by atoms with E-state index in [0.29, 0.717) is 17.8 Å². The van der Waals surface area contributed by atoms with Crippen LogP contribution in [0, 0.1) is 5.41 Å². The zero-order valence-corrected chi connectivity index (χ0v) is 17.8. The molecule has 12 heteroatoms. The molecule has 0 aliphatic heterocycles. The van der Waals surface area contributed by atoms with Crippen molar-refractivity contribution >= 4 is 5.91 Å². The first-order valence-corrected chi connectivity index (χ1v) is 9.72. The summed E-state index contributed by atoms with van der Waals surface area (Å²) in [6, 6.07) is 4.61. The highest BCUT2D eigenvalue weighted by molar-refractivity contribution is 5.80. The zero-order chi connectivity index (χ0) is 25.5. The number of pyridine rings is 1. The van der Waals surface area contributed by atoms with Gasteiger partial charge in [-0.1, -0.05) is 19.9 Å². The molecule has 3 rings (SSSR count). The van der Waals surface area contributed by atoms with E-state index in [1.165, 1.54) is 19.9 Å². The minimum absolute atomic E-state index is 0.00502. The highest BCUT2D eigenvalue weighted by Crippen LogP contribution is 2.38. The van der Waals surface area contributed by atoms with Gasteiger partial charge in [-0.3, -0.25) is 14.6 Å². The summed E-state index contributed by atoms with van der Waals surface area (Å²) in [4.78, 5) is 33.6. The summed E-state index contributed by atoms with van der Waals surface area (Å²) in [5, 5.41) is 0. The van der Waals surface area contributed by atoms with E-state index in [1.54, 1.807) is 0 Å². The minimum Gasteiger partial charge on any atom is -0.369 e. The number of nitrogens with zero attached hydrogens (tertiary/aromatic N) is 2. The monoisotopic (exact) mass is 484 g/mol. The lowest BCUT2D eigenvalue weighted by Crippen LogP contribution is -2.33. The quantitative estimate of drug-likeness (QED) is 0.517. The SMILES string of the molecule is CC(C)(Cc1ccc(C(F)(F)F)c(-c2nc(-c3cncc(C(F)(F)F)c3)cc(=O)[nH]2)c1)C(N)=O. The van der Waals surface area contributed by atoms with Crippen molar-refractivity contribution in [3.63, 3.8) is 0 Å². The van der Waals surface area contributed by atoms with E-state index in [0.717, 1.165) is 24.4 Å². The third kappa shape index (κ3) is 5.43. The Bertz CT molecular complexity index is 1300. The number of alkyl halides is 6. The highest BCUT2D eigenvalue weighted by Gasteiger charge is 2.35. The summed E-state index contributed by atoms with van der Waals surface area (Å²) >= 11 is 0. The van der Waals surface area contributed by atoms with E-state index < -0.39 is 51.7 Å². The maximum Gasteiger partial charge on any atom is 0.417 e. The fourth-order valence-electron chi connectivity index (χ4n) is 3.21. The Morgan fingerprint density at radius 2 is 1.68 bits per heavy atom. The first-order chi connectivity index (χ1) is 15.6. The van der Waals surface area contributed by atoms with Crippen molar-refractivity contribution in [1.82, 2.24) is 15.0 Å². The number of hydrogen-bond acceptors (Lipinski definition) is 4. The molecule has 1 amide bonds. The van der Waals surface area contributed by atoms with Crippen molar-refractivity contribution in [1.29, 1.82) is 0 Å². The molecule has 0 atom stereocenters. The smallest absolute Gasteiger partial charge is 0.369 e. The van der Waals surface area contributed by atoms with Crippen molar-refractivity contribution in [2.24, 2.45) is 11.1 Å². The van der Waals surface area contributed by atoms with Crippen LogP contribution in [0.5, 0.6) is 0 Å². The molecule has 6 nitrogen and oxygen atoms in total. The number of nitrogens with one attached hydrogen (secondary N) is 1. The standard InChI is InChI=1S/C22H18F6N4O2/c1-20(2,19(29)34)8-11-3-4-15(22(26,27)28)14(5-11)18-31-16(7-17(33)32-18)12-6-13(10-30-9-12)21(23,24)25/h3-7,9-10H,8H2,1-2H3,(H2,29,34)(H,31,32,33). The lowest BCUT2D eigenvalue weighted by Gasteiger charge is -2.21. The second kappa shape index (κ2) is 8.58. The van der Waals surface area contributed by atoms with E-state index in [1.807, 2.05) is 0 Å². The molecule has 3 aromatic rings. The lowest BCUT2D eigenvalue weighted by atomic mass is 9.84. The Kier molecular flexibility index (Phi) is 6.29. The first-order valence-electron chi connectivity index (χ1n) is 9.72. The molecule has 0 fully saturated rings. The van der Waals surface area contributed by atoms with Crippen molar-refractivity contribution in [3.05, 3.63) is 69.8 Å². The Morgan fingerprint density at radius 3 is 2.26 bits per heavy atom. The van der Waals surface area contributed by atoms with Crippen LogP contribution < -0.4 is 11.3 Å². The van der Waals surface area contributed by atoms with E-state index in [9.17, 15) is 35.9 Å². The largest absolute Gasteiger partial charge is 0.417 e. The fraction of sp³-hybridized carbons (Fsp3) is 0.273. The molecule has 0 unspecified atom stereocenters. The Balaban J connectivity index is 2.19. The summed E-state index contributed by atoms with van der Waals surface area (Å²) < 4.78 is 80.3. The number of H-pyrrole nitrogens is 1. The number of hydrogen-bond donors (Lipinski definition) is 2. The maximum absolute atomic E-state index is 13.7. The second-order valence-corrected chi connectivity index (χ2v) is 8.24. The van der Waals surface area contributed by atoms with Crippen molar-refractivity contribution in [2.45, 2.75) is 32.6 Å². The molecule has 0 spiro atoms. The molecular formula is C22H18F6N4O2. The number of nitrogens with two attached hydrogens (primary N) is 1. The molecule has 0 bridgehead atoms. The molecule has 0 saturated carbocycles. The van der Waals surface area contributed by atoms with Gasteiger partial charge in [-0.05, 0) is 30.2 Å². The average molecular weight is 484 g/mol. The number of carbonyl (C=O) groups is 1. The zero-order valence-electron chi connectivity index (χ0n) is 17.8. The van der Waals surface area contributed by atoms with Crippen molar-refractivity contribution in [3.8, 4) is 22.6 Å². The van der Waals surface area contributed by atoms with Gasteiger partial charge in [0, 0.05) is 35.0 Å². The molecule has 2 aromatic heterocycles. The van der Waals surface area contributed by atoms with Gasteiger partial charge in [-0.15, -0.1) is 0 Å². The van der Waals surface area contributed by atoms with Crippen LogP contribution in [-0.4, -0.2) is 20.9 Å². The third-order valence-corrected chi connectivity index (χ3v) is 5.06. The summed E-state index contributed by atoms with van der Waals surface area (Å²) in [5.74, 6) is -1.18. The Hall–Kier alpha value is -3.70. The van der Waals surface area contributed by atoms with Crippen LogP contribution in [0.25, 0.3) is 22.6 Å². The number of halogens is 6. The van der Waals surface area contributed by atoms with E-state index in [4.69, 9.17) is 5.73 Å². The molecule has 0 aliphatic carbocycles. The normalized spacial score (nSPS) is 12.6. The van der Waals surface area contributed by atoms with Gasteiger partial charge < -0.3 is 10.7 Å². The van der Waals surface area contributed by atoms with Gasteiger partial charge in [0.15, 0.2) is 0 Å². The van der Waals surface area contributed by atoms with Gasteiger partial charge in [0.25, 0.3) is 5.56 Å². The third-order valence-electron chi connectivity index (χ3n) is 5.06. The van der Waals surface area contributed by atoms with Crippen molar-refractivity contribution in [2.75, 3.05) is 0 Å². The molecule has 1 aromatic carbocycles. The van der Waals surface area contributed by atoms with Crippen molar-refractivity contribution < 1.29 is 31.1 Å². The maximum atomic E-state index is 13.7. The van der Waals surface area contributed by atoms with Gasteiger partial charge in [0.1, 0.15) is 5.82 Å². The van der Waals surface area contributed by atoms with Gasteiger partial charge >= 0.3 is 12.4 Å². The van der Waals surface area contributed by atoms with E-state index in [-0.39, 0.29) is 17.7 Å². The summed E-state index contributed by atoms with van der Waals surface area (Å²) in [5.41, 5.74) is 0.439. The summed E-state index contributed by atoms with van der Waals surface area (Å²) in [6.45, 7) is 3.04. The molecule has 0 radical (unpaired) electrons. The van der Waals surface area contributed by atoms with Gasteiger partial charge in [0.05, 0.1) is 16.8 Å². The highest BCUT2D eigenvalue weighted by atomic mass is 19.4. The number of carbonyl (C=O) groups excluding carboxylic acids is 1. The van der Waals surface area contributed by atoms with Crippen LogP contribution in [0.1, 0.15) is 30.5 Å². The second-order valence-electron chi connectivity index (χ2n) is 8.24. The van der Waals surface area contributed by atoms with Crippen LogP contribution in [0.2, 0.25) is 0 Å². The molecule has 2 heterocycles. The van der Waals surface area contributed by atoms with Crippen LogP contribution in [0.15, 0.2) is 47.5 Å². The van der Waals surface area contributed by atoms with Crippen LogP contribution in [0.4, 0.5) is 26.3 Å². The van der Waals surface area contributed by atoms with Crippen LogP contribution in [-0.2, 0) is 23.6 Å². The van der Waals surface area contributed by atoms with E-state index >= 15 is 0 Å². The van der Waals surface area contributed by atoms with Crippen LogP contribution in [0.3, 0.4) is 0 Å². The molecular weight excluding hydrogens is 466 g/mol. The van der Waals surface area contributed by atoms with Gasteiger partial charge in [0.2, 0.25) is 5.91 Å².